The molecular weight excluding hydrogens is 332 g/mol. The highest BCUT2D eigenvalue weighted by Gasteiger charge is 2.28. The number of thiophene rings is 1. The van der Waals surface area contributed by atoms with Crippen molar-refractivity contribution in [3.63, 3.8) is 0 Å². The molecule has 1 N–H and O–H groups in total. The highest BCUT2D eigenvalue weighted by Crippen LogP contribution is 2.20. The fourth-order valence-corrected chi connectivity index (χ4v) is 3.57. The minimum absolute atomic E-state index is 0.0222. The Bertz CT molecular complexity index is 775. The summed E-state index contributed by atoms with van der Waals surface area (Å²) in [4.78, 5) is 27.3. The van der Waals surface area contributed by atoms with Gasteiger partial charge in [-0.3, -0.25) is 9.59 Å². The quantitative estimate of drug-likeness (QED) is 0.864. The zero-order chi connectivity index (χ0) is 17.5. The minimum atomic E-state index is -0.156. The van der Waals surface area contributed by atoms with Gasteiger partial charge in [-0.2, -0.15) is 0 Å². The van der Waals surface area contributed by atoms with Crippen molar-refractivity contribution in [2.24, 2.45) is 5.92 Å². The van der Waals surface area contributed by atoms with Crippen LogP contribution in [0, 0.1) is 17.8 Å². The lowest BCUT2D eigenvalue weighted by atomic mass is 9.97. The second-order valence-corrected chi connectivity index (χ2v) is 6.90. The van der Waals surface area contributed by atoms with Gasteiger partial charge in [-0.25, -0.2) is 0 Å². The molecule has 1 aliphatic heterocycles. The molecule has 5 heteroatoms. The summed E-state index contributed by atoms with van der Waals surface area (Å²) in [6, 6.07) is 13.4. The van der Waals surface area contributed by atoms with Crippen LogP contribution in [0.1, 0.15) is 28.1 Å². The zero-order valence-electron chi connectivity index (χ0n) is 13.9. The molecule has 1 aromatic heterocycles. The van der Waals surface area contributed by atoms with Crippen molar-refractivity contribution in [3.05, 3.63) is 58.3 Å². The van der Waals surface area contributed by atoms with Crippen LogP contribution in [-0.4, -0.2) is 36.3 Å². The summed E-state index contributed by atoms with van der Waals surface area (Å²) < 4.78 is 0. The van der Waals surface area contributed by atoms with Crippen LogP contribution in [0.15, 0.2) is 47.8 Å². The SMILES string of the molecule is O=C(NCC#Cc1ccccc1)C1CCCN(C(=O)c2cccs2)C1. The van der Waals surface area contributed by atoms with Crippen LogP contribution >= 0.6 is 11.3 Å². The Kier molecular flexibility index (Phi) is 5.86. The van der Waals surface area contributed by atoms with Crippen molar-refractivity contribution >= 4 is 23.2 Å². The van der Waals surface area contributed by atoms with Crippen molar-refractivity contribution in [3.8, 4) is 11.8 Å². The standard InChI is InChI=1S/C20H20N2O2S/c23-19(21-12-4-9-16-7-2-1-3-8-16)17-10-5-13-22(15-17)20(24)18-11-6-14-25-18/h1-3,6-8,11,14,17H,5,10,12-13,15H2,(H,21,23). The molecule has 2 aromatic rings. The fourth-order valence-electron chi connectivity index (χ4n) is 2.88. The van der Waals surface area contributed by atoms with E-state index in [0.717, 1.165) is 23.3 Å². The normalized spacial score (nSPS) is 16.6. The number of nitrogens with zero attached hydrogens (tertiary/aromatic N) is 1. The van der Waals surface area contributed by atoms with Crippen LogP contribution in [-0.2, 0) is 4.79 Å². The zero-order valence-corrected chi connectivity index (χ0v) is 14.7. The third-order valence-electron chi connectivity index (χ3n) is 4.17. The maximum Gasteiger partial charge on any atom is 0.263 e. The largest absolute Gasteiger partial charge is 0.345 e. The van der Waals surface area contributed by atoms with Crippen molar-refractivity contribution < 1.29 is 9.59 Å². The summed E-state index contributed by atoms with van der Waals surface area (Å²) in [5.41, 5.74) is 0.933. The van der Waals surface area contributed by atoms with E-state index in [4.69, 9.17) is 0 Å². The number of carbonyl (C=O) groups excluding carboxylic acids is 2. The van der Waals surface area contributed by atoms with Crippen molar-refractivity contribution in [1.82, 2.24) is 10.2 Å². The van der Waals surface area contributed by atoms with Gasteiger partial charge in [0.1, 0.15) is 0 Å². The van der Waals surface area contributed by atoms with Crippen LogP contribution in [0.2, 0.25) is 0 Å². The summed E-state index contributed by atoms with van der Waals surface area (Å²) in [6.45, 7) is 1.52. The average molecular weight is 352 g/mol. The number of piperidine rings is 1. The van der Waals surface area contributed by atoms with Gasteiger partial charge in [0, 0.05) is 18.7 Å². The van der Waals surface area contributed by atoms with Gasteiger partial charge in [-0.05, 0) is 36.4 Å². The number of hydrogen-bond donors (Lipinski definition) is 1. The van der Waals surface area contributed by atoms with Gasteiger partial charge in [0.25, 0.3) is 5.91 Å². The van der Waals surface area contributed by atoms with E-state index in [-0.39, 0.29) is 17.7 Å². The first-order valence-corrected chi connectivity index (χ1v) is 9.26. The predicted molar refractivity (Wildman–Crippen MR) is 99.3 cm³/mol. The average Bonchev–Trinajstić information content (AvgIpc) is 3.20. The van der Waals surface area contributed by atoms with Crippen LogP contribution < -0.4 is 5.32 Å². The predicted octanol–water partition coefficient (Wildman–Crippen LogP) is 2.77. The number of nitrogens with one attached hydrogen (secondary N) is 1. The molecule has 1 unspecified atom stereocenters. The summed E-state index contributed by atoms with van der Waals surface area (Å²) in [5.74, 6) is 5.83. The van der Waals surface area contributed by atoms with Gasteiger partial charge < -0.3 is 10.2 Å². The molecular formula is C20H20N2O2S. The van der Waals surface area contributed by atoms with Gasteiger partial charge in [0.05, 0.1) is 17.3 Å². The first kappa shape index (κ1) is 17.2. The van der Waals surface area contributed by atoms with Gasteiger partial charge in [-0.15, -0.1) is 11.3 Å². The topological polar surface area (TPSA) is 49.4 Å². The Morgan fingerprint density at radius 1 is 1.20 bits per heavy atom. The Balaban J connectivity index is 1.50. The van der Waals surface area contributed by atoms with E-state index in [9.17, 15) is 9.59 Å². The molecule has 0 spiro atoms. The molecule has 0 saturated carbocycles. The molecule has 128 valence electrons. The van der Waals surface area contributed by atoms with E-state index < -0.39 is 0 Å². The third-order valence-corrected chi connectivity index (χ3v) is 5.03. The van der Waals surface area contributed by atoms with Gasteiger partial charge in [0.2, 0.25) is 5.91 Å². The van der Waals surface area contributed by atoms with Crippen LogP contribution in [0.5, 0.6) is 0 Å². The van der Waals surface area contributed by atoms with Crippen molar-refractivity contribution in [2.45, 2.75) is 12.8 Å². The molecule has 4 nitrogen and oxygen atoms in total. The molecule has 2 heterocycles. The molecule has 0 aliphatic carbocycles. The lowest BCUT2D eigenvalue weighted by Gasteiger charge is -2.31. The molecule has 25 heavy (non-hydrogen) atoms. The van der Waals surface area contributed by atoms with Crippen LogP contribution in [0.25, 0.3) is 0 Å². The Hall–Kier alpha value is -2.58. The number of hydrogen-bond acceptors (Lipinski definition) is 3. The summed E-state index contributed by atoms with van der Waals surface area (Å²) >= 11 is 1.44. The van der Waals surface area contributed by atoms with E-state index in [2.05, 4.69) is 17.2 Å². The number of carbonyl (C=O) groups is 2. The van der Waals surface area contributed by atoms with Gasteiger partial charge in [0.15, 0.2) is 0 Å². The highest BCUT2D eigenvalue weighted by atomic mass is 32.1. The summed E-state index contributed by atoms with van der Waals surface area (Å²) in [6.07, 6.45) is 1.66. The lowest BCUT2D eigenvalue weighted by molar-refractivity contribution is -0.126. The number of amides is 2. The van der Waals surface area contributed by atoms with E-state index in [1.807, 2.05) is 47.8 Å². The maximum atomic E-state index is 12.4. The van der Waals surface area contributed by atoms with Crippen molar-refractivity contribution in [1.29, 1.82) is 0 Å². The first-order valence-electron chi connectivity index (χ1n) is 8.38. The first-order chi connectivity index (χ1) is 12.2. The van der Waals surface area contributed by atoms with E-state index in [1.54, 1.807) is 4.90 Å². The Morgan fingerprint density at radius 3 is 2.80 bits per heavy atom. The maximum absolute atomic E-state index is 12.4. The molecule has 3 rings (SSSR count). The van der Waals surface area contributed by atoms with E-state index in [0.29, 0.717) is 19.6 Å². The molecule has 1 aliphatic rings. The summed E-state index contributed by atoms with van der Waals surface area (Å²) in [5, 5.41) is 4.76. The molecule has 2 amide bonds. The minimum Gasteiger partial charge on any atom is -0.345 e. The molecule has 1 aromatic carbocycles. The summed E-state index contributed by atoms with van der Waals surface area (Å²) in [7, 11) is 0. The number of benzene rings is 1. The van der Waals surface area contributed by atoms with Crippen LogP contribution in [0.3, 0.4) is 0 Å². The Labute approximate surface area is 151 Å². The number of likely N-dealkylation sites (tertiary alicyclic amines) is 1. The molecule has 1 fully saturated rings. The van der Waals surface area contributed by atoms with Gasteiger partial charge >= 0.3 is 0 Å². The van der Waals surface area contributed by atoms with E-state index in [1.165, 1.54) is 11.3 Å². The second-order valence-electron chi connectivity index (χ2n) is 5.95. The number of rotatable bonds is 3. The Morgan fingerprint density at radius 2 is 2.04 bits per heavy atom. The molecule has 0 radical (unpaired) electrons. The van der Waals surface area contributed by atoms with Crippen molar-refractivity contribution in [2.75, 3.05) is 19.6 Å². The fraction of sp³-hybridized carbons (Fsp3) is 0.300. The van der Waals surface area contributed by atoms with Gasteiger partial charge in [-0.1, -0.05) is 36.1 Å². The lowest BCUT2D eigenvalue weighted by Crippen LogP contribution is -2.45. The monoisotopic (exact) mass is 352 g/mol. The van der Waals surface area contributed by atoms with Crippen LogP contribution in [0.4, 0.5) is 0 Å². The smallest absolute Gasteiger partial charge is 0.263 e. The molecule has 1 atom stereocenters. The third kappa shape index (κ3) is 4.71. The molecule has 1 saturated heterocycles. The highest BCUT2D eigenvalue weighted by molar-refractivity contribution is 7.12. The second kappa shape index (κ2) is 8.50. The molecule has 0 bridgehead atoms. The van der Waals surface area contributed by atoms with E-state index >= 15 is 0 Å².